The summed E-state index contributed by atoms with van der Waals surface area (Å²) in [6.07, 6.45) is 5.60. The molecule has 0 aliphatic rings. The van der Waals surface area contributed by atoms with Crippen LogP contribution in [-0.2, 0) is 9.53 Å². The Kier molecular flexibility index (Phi) is 8.94. The lowest BCUT2D eigenvalue weighted by atomic mass is 10.1. The van der Waals surface area contributed by atoms with Crippen molar-refractivity contribution >= 4 is 6.47 Å². The minimum Gasteiger partial charge on any atom is -0.468 e. The van der Waals surface area contributed by atoms with E-state index in [2.05, 4.69) is 4.74 Å². The quantitative estimate of drug-likeness (QED) is 0.425. The van der Waals surface area contributed by atoms with Gasteiger partial charge in [0.15, 0.2) is 0 Å². The smallest absolute Gasteiger partial charge is 0.293 e. The second-order valence-corrected chi connectivity index (χ2v) is 2.52. The van der Waals surface area contributed by atoms with Crippen LogP contribution in [0.5, 0.6) is 0 Å². The molecule has 11 heavy (non-hydrogen) atoms. The standard InChI is InChI=1S/C8H17NO2/c9-6-4-2-1-3-5-7-11-8-10/h8H,1-7,9H2. The molecule has 66 valence electrons. The fourth-order valence-corrected chi connectivity index (χ4v) is 0.908. The Balaban J connectivity index is 2.74. The van der Waals surface area contributed by atoms with Gasteiger partial charge in [-0.25, -0.2) is 0 Å². The molecule has 0 radical (unpaired) electrons. The molecular formula is C8H17NO2. The van der Waals surface area contributed by atoms with Crippen LogP contribution in [-0.4, -0.2) is 19.6 Å². The first-order valence-corrected chi connectivity index (χ1v) is 4.17. The van der Waals surface area contributed by atoms with E-state index in [-0.39, 0.29) is 0 Å². The summed E-state index contributed by atoms with van der Waals surface area (Å²) in [5.74, 6) is 0. The highest BCUT2D eigenvalue weighted by molar-refractivity contribution is 5.36. The van der Waals surface area contributed by atoms with Crippen molar-refractivity contribution < 1.29 is 9.53 Å². The van der Waals surface area contributed by atoms with Crippen molar-refractivity contribution in [2.45, 2.75) is 32.1 Å². The van der Waals surface area contributed by atoms with Gasteiger partial charge in [0, 0.05) is 0 Å². The van der Waals surface area contributed by atoms with Crippen LogP contribution in [0.2, 0.25) is 0 Å². The molecule has 0 aromatic heterocycles. The number of carbonyl (C=O) groups excluding carboxylic acids is 1. The molecule has 0 amide bonds. The Hall–Kier alpha value is -0.570. The molecule has 0 heterocycles. The highest BCUT2D eigenvalue weighted by Gasteiger charge is 1.89. The molecule has 3 heteroatoms. The van der Waals surface area contributed by atoms with E-state index in [1.165, 1.54) is 12.8 Å². The largest absolute Gasteiger partial charge is 0.468 e. The van der Waals surface area contributed by atoms with Gasteiger partial charge in [0.1, 0.15) is 0 Å². The molecular weight excluding hydrogens is 142 g/mol. The van der Waals surface area contributed by atoms with Gasteiger partial charge in [-0.15, -0.1) is 0 Å². The van der Waals surface area contributed by atoms with E-state index in [1.807, 2.05) is 0 Å². The highest BCUT2D eigenvalue weighted by Crippen LogP contribution is 2.01. The van der Waals surface area contributed by atoms with Gasteiger partial charge >= 0.3 is 0 Å². The van der Waals surface area contributed by atoms with E-state index in [9.17, 15) is 4.79 Å². The molecule has 0 unspecified atom stereocenters. The summed E-state index contributed by atoms with van der Waals surface area (Å²) in [5, 5.41) is 0. The van der Waals surface area contributed by atoms with Crippen molar-refractivity contribution in [3.8, 4) is 0 Å². The lowest BCUT2D eigenvalue weighted by molar-refractivity contribution is -0.128. The fraction of sp³-hybridized carbons (Fsp3) is 0.875. The second-order valence-electron chi connectivity index (χ2n) is 2.52. The highest BCUT2D eigenvalue weighted by atomic mass is 16.5. The van der Waals surface area contributed by atoms with E-state index >= 15 is 0 Å². The molecule has 3 nitrogen and oxygen atoms in total. The minimum absolute atomic E-state index is 0.500. The SMILES string of the molecule is NCCCCCCCOC=O. The first kappa shape index (κ1) is 10.4. The monoisotopic (exact) mass is 159 g/mol. The Labute approximate surface area is 67.9 Å². The van der Waals surface area contributed by atoms with Gasteiger partial charge in [0.05, 0.1) is 6.61 Å². The lowest BCUT2D eigenvalue weighted by Gasteiger charge is -1.98. The molecule has 0 spiro atoms. The van der Waals surface area contributed by atoms with Crippen LogP contribution in [0.25, 0.3) is 0 Å². The van der Waals surface area contributed by atoms with E-state index in [0.717, 1.165) is 25.8 Å². The number of carbonyl (C=O) groups is 1. The third kappa shape index (κ3) is 9.43. The van der Waals surface area contributed by atoms with Gasteiger partial charge in [-0.2, -0.15) is 0 Å². The van der Waals surface area contributed by atoms with Crippen molar-refractivity contribution in [2.24, 2.45) is 5.73 Å². The Bertz CT molecular complexity index is 86.2. The molecule has 0 aromatic carbocycles. The molecule has 0 atom stereocenters. The Morgan fingerprint density at radius 3 is 2.36 bits per heavy atom. The lowest BCUT2D eigenvalue weighted by Crippen LogP contribution is -1.98. The van der Waals surface area contributed by atoms with Crippen LogP contribution in [0.3, 0.4) is 0 Å². The van der Waals surface area contributed by atoms with Crippen molar-refractivity contribution in [3.05, 3.63) is 0 Å². The number of hydrogen-bond acceptors (Lipinski definition) is 3. The summed E-state index contributed by atoms with van der Waals surface area (Å²) in [6.45, 7) is 1.84. The molecule has 0 aliphatic carbocycles. The summed E-state index contributed by atoms with van der Waals surface area (Å²) < 4.78 is 4.53. The Morgan fingerprint density at radius 1 is 1.09 bits per heavy atom. The Morgan fingerprint density at radius 2 is 1.73 bits per heavy atom. The second kappa shape index (κ2) is 9.43. The number of rotatable bonds is 8. The molecule has 0 bridgehead atoms. The van der Waals surface area contributed by atoms with E-state index in [1.54, 1.807) is 0 Å². The number of unbranched alkanes of at least 4 members (excludes halogenated alkanes) is 4. The topological polar surface area (TPSA) is 52.3 Å². The summed E-state index contributed by atoms with van der Waals surface area (Å²) in [7, 11) is 0. The minimum atomic E-state index is 0.500. The average molecular weight is 159 g/mol. The zero-order valence-electron chi connectivity index (χ0n) is 6.92. The van der Waals surface area contributed by atoms with Crippen molar-refractivity contribution in [2.75, 3.05) is 13.2 Å². The van der Waals surface area contributed by atoms with Crippen LogP contribution in [0.1, 0.15) is 32.1 Å². The maximum absolute atomic E-state index is 9.70. The van der Waals surface area contributed by atoms with Gasteiger partial charge in [-0.1, -0.05) is 19.3 Å². The third-order valence-electron chi connectivity index (χ3n) is 1.53. The van der Waals surface area contributed by atoms with Crippen LogP contribution < -0.4 is 5.73 Å². The number of nitrogens with two attached hydrogens (primary N) is 1. The van der Waals surface area contributed by atoms with E-state index in [0.29, 0.717) is 13.1 Å². The summed E-state index contributed by atoms with van der Waals surface area (Å²) in [4.78, 5) is 9.70. The maximum Gasteiger partial charge on any atom is 0.293 e. The maximum atomic E-state index is 9.70. The van der Waals surface area contributed by atoms with Gasteiger partial charge in [-0.3, -0.25) is 4.79 Å². The van der Waals surface area contributed by atoms with Crippen LogP contribution >= 0.6 is 0 Å². The van der Waals surface area contributed by atoms with Gasteiger partial charge in [-0.05, 0) is 19.4 Å². The van der Waals surface area contributed by atoms with Crippen molar-refractivity contribution in [1.29, 1.82) is 0 Å². The fourth-order valence-electron chi connectivity index (χ4n) is 0.908. The number of hydrogen-bond donors (Lipinski definition) is 1. The zero-order chi connectivity index (χ0) is 8.36. The average Bonchev–Trinajstić information content (AvgIpc) is 2.03. The summed E-state index contributed by atoms with van der Waals surface area (Å²) in [5.41, 5.74) is 5.32. The summed E-state index contributed by atoms with van der Waals surface area (Å²) in [6, 6.07) is 0. The normalized spacial score (nSPS) is 9.55. The first-order chi connectivity index (χ1) is 5.41. The molecule has 0 aromatic rings. The van der Waals surface area contributed by atoms with Crippen LogP contribution in [0, 0.1) is 0 Å². The van der Waals surface area contributed by atoms with Gasteiger partial charge in [0.25, 0.3) is 6.47 Å². The number of ether oxygens (including phenoxy) is 1. The van der Waals surface area contributed by atoms with E-state index in [4.69, 9.17) is 5.73 Å². The molecule has 2 N–H and O–H groups in total. The molecule has 0 fully saturated rings. The predicted octanol–water partition coefficient (Wildman–Crippen LogP) is 1.07. The van der Waals surface area contributed by atoms with Gasteiger partial charge in [0.2, 0.25) is 0 Å². The zero-order valence-corrected chi connectivity index (χ0v) is 6.92. The van der Waals surface area contributed by atoms with E-state index < -0.39 is 0 Å². The predicted molar refractivity (Wildman–Crippen MR) is 44.2 cm³/mol. The molecule has 0 saturated carbocycles. The third-order valence-corrected chi connectivity index (χ3v) is 1.53. The molecule has 0 aliphatic heterocycles. The van der Waals surface area contributed by atoms with Crippen molar-refractivity contribution in [1.82, 2.24) is 0 Å². The van der Waals surface area contributed by atoms with Crippen LogP contribution in [0.15, 0.2) is 0 Å². The summed E-state index contributed by atoms with van der Waals surface area (Å²) >= 11 is 0. The van der Waals surface area contributed by atoms with Crippen LogP contribution in [0.4, 0.5) is 0 Å². The van der Waals surface area contributed by atoms with Gasteiger partial charge < -0.3 is 10.5 Å². The molecule has 0 saturated heterocycles. The van der Waals surface area contributed by atoms with Crippen molar-refractivity contribution in [3.63, 3.8) is 0 Å². The first-order valence-electron chi connectivity index (χ1n) is 4.17. The molecule has 0 rings (SSSR count).